The molecule has 1 heterocycles. The van der Waals surface area contributed by atoms with Crippen molar-refractivity contribution in [2.45, 2.75) is 6.42 Å². The summed E-state index contributed by atoms with van der Waals surface area (Å²) in [5.41, 5.74) is 3.58. The van der Waals surface area contributed by atoms with Crippen molar-refractivity contribution >= 4 is 40.1 Å². The second kappa shape index (κ2) is 8.35. The van der Waals surface area contributed by atoms with Crippen molar-refractivity contribution < 1.29 is 14.7 Å². The van der Waals surface area contributed by atoms with Gasteiger partial charge in [-0.25, -0.2) is 9.78 Å². The molecule has 1 amide bonds. The minimum atomic E-state index is -1.13. The first kappa shape index (κ1) is 19.6. The molecule has 5 nitrogen and oxygen atoms in total. The molecule has 30 heavy (non-hydrogen) atoms. The standard InChI is InChI=1S/C24H17ClN2O3/c25-18-9-10-19(24(29)30)22(14-18)27-23(28)13-15-4-3-6-17(12-15)21-11-8-16-5-1-2-7-20(16)26-21/h1-12,14H,13H2,(H,27,28)(H,29,30). The number of carbonyl (C=O) groups is 2. The Hall–Kier alpha value is -3.70. The number of rotatable bonds is 5. The number of anilines is 1. The number of carboxylic acid groups (broad SMARTS) is 1. The lowest BCUT2D eigenvalue weighted by Crippen LogP contribution is -2.16. The second-order valence-electron chi connectivity index (χ2n) is 6.81. The molecule has 0 fully saturated rings. The van der Waals surface area contributed by atoms with Crippen LogP contribution >= 0.6 is 11.6 Å². The zero-order chi connectivity index (χ0) is 21.1. The predicted molar refractivity (Wildman–Crippen MR) is 118 cm³/mol. The molecule has 0 aliphatic carbocycles. The van der Waals surface area contributed by atoms with Gasteiger partial charge in [-0.2, -0.15) is 0 Å². The van der Waals surface area contributed by atoms with Gasteiger partial charge in [-0.15, -0.1) is 0 Å². The van der Waals surface area contributed by atoms with Crippen LogP contribution in [0.25, 0.3) is 22.2 Å². The van der Waals surface area contributed by atoms with Gasteiger partial charge in [-0.1, -0.05) is 54.1 Å². The van der Waals surface area contributed by atoms with Crippen LogP contribution in [-0.2, 0) is 11.2 Å². The monoisotopic (exact) mass is 416 g/mol. The Kier molecular flexibility index (Phi) is 5.46. The molecule has 0 atom stereocenters. The number of para-hydroxylation sites is 1. The lowest BCUT2D eigenvalue weighted by molar-refractivity contribution is -0.115. The molecule has 0 aliphatic heterocycles. The maximum absolute atomic E-state index is 12.5. The fourth-order valence-corrected chi connectivity index (χ4v) is 3.43. The number of pyridine rings is 1. The third-order valence-corrected chi connectivity index (χ3v) is 4.91. The number of carbonyl (C=O) groups excluding carboxylic acids is 1. The molecule has 6 heteroatoms. The van der Waals surface area contributed by atoms with Crippen LogP contribution in [0.5, 0.6) is 0 Å². The predicted octanol–water partition coefficient (Wildman–Crippen LogP) is 5.43. The molecule has 0 spiro atoms. The molecule has 0 unspecified atom stereocenters. The van der Waals surface area contributed by atoms with Crippen LogP contribution in [0.3, 0.4) is 0 Å². The molecular weight excluding hydrogens is 400 g/mol. The molecule has 0 bridgehead atoms. The third kappa shape index (κ3) is 4.31. The quantitative estimate of drug-likeness (QED) is 0.454. The fraction of sp³-hybridized carbons (Fsp3) is 0.0417. The summed E-state index contributed by atoms with van der Waals surface area (Å²) in [4.78, 5) is 28.6. The highest BCUT2D eigenvalue weighted by molar-refractivity contribution is 6.31. The first-order valence-corrected chi connectivity index (χ1v) is 9.65. The van der Waals surface area contributed by atoms with Crippen LogP contribution in [0, 0.1) is 0 Å². The van der Waals surface area contributed by atoms with Gasteiger partial charge in [-0.3, -0.25) is 4.79 Å². The van der Waals surface area contributed by atoms with Crippen molar-refractivity contribution in [1.82, 2.24) is 4.98 Å². The lowest BCUT2D eigenvalue weighted by atomic mass is 10.0. The van der Waals surface area contributed by atoms with Gasteiger partial charge in [0, 0.05) is 16.0 Å². The van der Waals surface area contributed by atoms with E-state index in [-0.39, 0.29) is 23.6 Å². The number of benzene rings is 3. The Bertz CT molecular complexity index is 1270. The van der Waals surface area contributed by atoms with E-state index < -0.39 is 5.97 Å². The summed E-state index contributed by atoms with van der Waals surface area (Å²) >= 11 is 5.94. The molecule has 148 valence electrons. The molecule has 1 aromatic heterocycles. The smallest absolute Gasteiger partial charge is 0.337 e. The highest BCUT2D eigenvalue weighted by Crippen LogP contribution is 2.24. The van der Waals surface area contributed by atoms with Crippen molar-refractivity contribution in [1.29, 1.82) is 0 Å². The highest BCUT2D eigenvalue weighted by atomic mass is 35.5. The van der Waals surface area contributed by atoms with Gasteiger partial charge in [0.1, 0.15) is 0 Å². The Morgan fingerprint density at radius 2 is 1.77 bits per heavy atom. The fourth-order valence-electron chi connectivity index (χ4n) is 3.25. The molecule has 0 saturated heterocycles. The summed E-state index contributed by atoms with van der Waals surface area (Å²) in [6.07, 6.45) is 0.0903. The Labute approximate surface area is 178 Å². The maximum Gasteiger partial charge on any atom is 0.337 e. The Balaban J connectivity index is 1.55. The van der Waals surface area contributed by atoms with E-state index in [1.165, 1.54) is 18.2 Å². The van der Waals surface area contributed by atoms with E-state index in [0.717, 1.165) is 27.7 Å². The van der Waals surface area contributed by atoms with Crippen LogP contribution < -0.4 is 5.32 Å². The summed E-state index contributed by atoms with van der Waals surface area (Å²) in [6.45, 7) is 0. The average Bonchev–Trinajstić information content (AvgIpc) is 2.73. The molecule has 0 aliphatic rings. The number of fused-ring (bicyclic) bond motifs is 1. The van der Waals surface area contributed by atoms with Crippen molar-refractivity contribution in [3.8, 4) is 11.3 Å². The summed E-state index contributed by atoms with van der Waals surface area (Å²) in [7, 11) is 0. The number of hydrogen-bond acceptors (Lipinski definition) is 3. The van der Waals surface area contributed by atoms with Crippen LogP contribution in [0.4, 0.5) is 5.69 Å². The number of halogens is 1. The zero-order valence-corrected chi connectivity index (χ0v) is 16.6. The average molecular weight is 417 g/mol. The minimum absolute atomic E-state index is 0.0122. The van der Waals surface area contributed by atoms with Crippen molar-refractivity contribution in [3.63, 3.8) is 0 Å². The summed E-state index contributed by atoms with van der Waals surface area (Å²) in [6, 6.07) is 23.7. The zero-order valence-electron chi connectivity index (χ0n) is 15.8. The number of amides is 1. The topological polar surface area (TPSA) is 79.3 Å². The van der Waals surface area contributed by atoms with E-state index in [1.807, 2.05) is 60.7 Å². The van der Waals surface area contributed by atoms with Crippen LogP contribution in [0.2, 0.25) is 5.02 Å². The lowest BCUT2D eigenvalue weighted by Gasteiger charge is -2.10. The van der Waals surface area contributed by atoms with Crippen LogP contribution in [-0.4, -0.2) is 22.0 Å². The number of hydrogen-bond donors (Lipinski definition) is 2. The number of aromatic carboxylic acids is 1. The summed E-state index contributed by atoms with van der Waals surface area (Å²) in [5, 5.41) is 13.3. The van der Waals surface area contributed by atoms with Gasteiger partial charge in [0.05, 0.1) is 28.9 Å². The number of nitrogens with one attached hydrogen (secondary N) is 1. The van der Waals surface area contributed by atoms with Crippen molar-refractivity contribution in [2.24, 2.45) is 0 Å². The maximum atomic E-state index is 12.5. The van der Waals surface area contributed by atoms with Gasteiger partial charge < -0.3 is 10.4 Å². The van der Waals surface area contributed by atoms with Crippen molar-refractivity contribution in [2.75, 3.05) is 5.32 Å². The van der Waals surface area contributed by atoms with Gasteiger partial charge in [0.15, 0.2) is 0 Å². The molecule has 3 aromatic carbocycles. The first-order chi connectivity index (χ1) is 14.5. The van der Waals surface area contributed by atoms with Gasteiger partial charge >= 0.3 is 5.97 Å². The first-order valence-electron chi connectivity index (χ1n) is 9.27. The Morgan fingerprint density at radius 3 is 2.60 bits per heavy atom. The molecule has 0 saturated carbocycles. The van der Waals surface area contributed by atoms with E-state index in [0.29, 0.717) is 5.02 Å². The van der Waals surface area contributed by atoms with Gasteiger partial charge in [0.2, 0.25) is 5.91 Å². The van der Waals surface area contributed by atoms with E-state index >= 15 is 0 Å². The number of carboxylic acids is 1. The van der Waals surface area contributed by atoms with Gasteiger partial charge in [-0.05, 0) is 42.0 Å². The SMILES string of the molecule is O=C(Cc1cccc(-c2ccc3ccccc3n2)c1)Nc1cc(Cl)ccc1C(=O)O. The van der Waals surface area contributed by atoms with Gasteiger partial charge in [0.25, 0.3) is 0 Å². The highest BCUT2D eigenvalue weighted by Gasteiger charge is 2.14. The van der Waals surface area contributed by atoms with E-state index in [4.69, 9.17) is 16.6 Å². The molecule has 2 N–H and O–H groups in total. The minimum Gasteiger partial charge on any atom is -0.478 e. The normalized spacial score (nSPS) is 10.7. The molecule has 4 aromatic rings. The molecular formula is C24H17ClN2O3. The molecule has 4 rings (SSSR count). The van der Waals surface area contributed by atoms with Crippen molar-refractivity contribution in [3.05, 3.63) is 95.0 Å². The van der Waals surface area contributed by atoms with E-state index in [1.54, 1.807) is 0 Å². The van der Waals surface area contributed by atoms with Crippen LogP contribution in [0.1, 0.15) is 15.9 Å². The second-order valence-corrected chi connectivity index (χ2v) is 7.25. The number of aromatic nitrogens is 1. The van der Waals surface area contributed by atoms with E-state index in [9.17, 15) is 14.7 Å². The third-order valence-electron chi connectivity index (χ3n) is 4.67. The largest absolute Gasteiger partial charge is 0.478 e. The van der Waals surface area contributed by atoms with E-state index in [2.05, 4.69) is 5.32 Å². The van der Waals surface area contributed by atoms with Crippen LogP contribution in [0.15, 0.2) is 78.9 Å². The summed E-state index contributed by atoms with van der Waals surface area (Å²) < 4.78 is 0. The summed E-state index contributed by atoms with van der Waals surface area (Å²) in [5.74, 6) is -1.46. The molecule has 0 radical (unpaired) electrons. The Morgan fingerprint density at radius 1 is 0.933 bits per heavy atom. The number of nitrogens with zero attached hydrogens (tertiary/aromatic N) is 1.